The average Bonchev–Trinajstić information content (AvgIpc) is 2.24. The number of aryl methyl sites for hydroxylation is 1. The van der Waals surface area contributed by atoms with E-state index in [2.05, 4.69) is 4.74 Å². The third-order valence-electron chi connectivity index (χ3n) is 2.20. The van der Waals surface area contributed by atoms with Crippen molar-refractivity contribution in [1.82, 2.24) is 0 Å². The Labute approximate surface area is 110 Å². The van der Waals surface area contributed by atoms with E-state index in [9.17, 15) is 18.0 Å². The Bertz CT molecular complexity index is 416. The minimum absolute atomic E-state index is 0.0261. The van der Waals surface area contributed by atoms with Crippen LogP contribution < -0.4 is 0 Å². The van der Waals surface area contributed by atoms with Gasteiger partial charge in [0, 0.05) is 9.99 Å². The molecule has 94 valence electrons. The number of esters is 1. The van der Waals surface area contributed by atoms with Crippen molar-refractivity contribution in [1.29, 1.82) is 0 Å². The number of methoxy groups -OCH3 is 1. The second-order valence-electron chi connectivity index (χ2n) is 3.38. The zero-order valence-corrected chi connectivity index (χ0v) is 11.1. The van der Waals surface area contributed by atoms with Crippen molar-refractivity contribution in [2.24, 2.45) is 0 Å². The van der Waals surface area contributed by atoms with Crippen molar-refractivity contribution >= 4 is 28.6 Å². The second-order valence-corrected chi connectivity index (χ2v) is 4.62. The van der Waals surface area contributed by atoms with Crippen molar-refractivity contribution < 1.29 is 22.7 Å². The number of alkyl halides is 3. The molecule has 6 heteroatoms. The van der Waals surface area contributed by atoms with Gasteiger partial charge in [0.25, 0.3) is 0 Å². The summed E-state index contributed by atoms with van der Waals surface area (Å²) in [4.78, 5) is 10.9. The number of carbonyl (C=O) groups excluding carboxylic acids is 1. The summed E-state index contributed by atoms with van der Waals surface area (Å²) < 4.78 is 43.1. The van der Waals surface area contributed by atoms with Crippen LogP contribution in [0, 0.1) is 3.57 Å². The van der Waals surface area contributed by atoms with Gasteiger partial charge in [0.2, 0.25) is 0 Å². The second kappa shape index (κ2) is 5.70. The van der Waals surface area contributed by atoms with E-state index in [0.29, 0.717) is 3.57 Å². The van der Waals surface area contributed by atoms with Gasteiger partial charge in [-0.2, -0.15) is 13.2 Å². The van der Waals surface area contributed by atoms with Gasteiger partial charge in [0.1, 0.15) is 0 Å². The quantitative estimate of drug-likeness (QED) is 0.612. The average molecular weight is 358 g/mol. The molecule has 0 heterocycles. The molecule has 0 radical (unpaired) electrons. The summed E-state index contributed by atoms with van der Waals surface area (Å²) in [7, 11) is 1.21. The molecule has 2 nitrogen and oxygen atoms in total. The zero-order valence-electron chi connectivity index (χ0n) is 8.97. The molecule has 0 aliphatic carbocycles. The Morgan fingerprint density at radius 2 is 2.06 bits per heavy atom. The van der Waals surface area contributed by atoms with Crippen LogP contribution in [0.1, 0.15) is 17.5 Å². The van der Waals surface area contributed by atoms with Gasteiger partial charge >= 0.3 is 12.1 Å². The molecule has 0 saturated heterocycles. The van der Waals surface area contributed by atoms with E-state index in [1.807, 2.05) is 22.6 Å². The lowest BCUT2D eigenvalue weighted by Gasteiger charge is -2.12. The van der Waals surface area contributed by atoms with Crippen LogP contribution in [0.5, 0.6) is 0 Å². The van der Waals surface area contributed by atoms with Gasteiger partial charge in [-0.1, -0.05) is 0 Å². The predicted octanol–water partition coefficient (Wildman–Crippen LogP) is 3.42. The number of benzene rings is 1. The normalized spacial score (nSPS) is 11.4. The van der Waals surface area contributed by atoms with Gasteiger partial charge in [-0.05, 0) is 52.8 Å². The number of halogens is 4. The Morgan fingerprint density at radius 1 is 1.41 bits per heavy atom. The van der Waals surface area contributed by atoms with E-state index >= 15 is 0 Å². The SMILES string of the molecule is COC(=O)CCc1cc(I)ccc1C(F)(F)F. The smallest absolute Gasteiger partial charge is 0.416 e. The lowest BCUT2D eigenvalue weighted by Crippen LogP contribution is -2.11. The highest BCUT2D eigenvalue weighted by Crippen LogP contribution is 2.33. The first-order valence-corrected chi connectivity index (χ1v) is 5.85. The summed E-state index contributed by atoms with van der Waals surface area (Å²) in [5, 5.41) is 0. The Kier molecular flexibility index (Phi) is 4.79. The molecule has 0 saturated carbocycles. The maximum absolute atomic E-state index is 12.7. The molecule has 0 aliphatic heterocycles. The van der Waals surface area contributed by atoms with Gasteiger partial charge in [0.15, 0.2) is 0 Å². The van der Waals surface area contributed by atoms with E-state index in [-0.39, 0.29) is 18.4 Å². The molecule has 0 atom stereocenters. The molecule has 0 unspecified atom stereocenters. The molecule has 0 bridgehead atoms. The van der Waals surface area contributed by atoms with E-state index < -0.39 is 17.7 Å². The van der Waals surface area contributed by atoms with Crippen LogP contribution in [0.3, 0.4) is 0 Å². The van der Waals surface area contributed by atoms with Crippen LogP contribution in [-0.4, -0.2) is 13.1 Å². The fourth-order valence-corrected chi connectivity index (χ4v) is 1.94. The lowest BCUT2D eigenvalue weighted by atomic mass is 10.0. The minimum atomic E-state index is -4.39. The molecule has 1 rings (SSSR count). The van der Waals surface area contributed by atoms with Crippen LogP contribution >= 0.6 is 22.6 Å². The molecule has 1 aromatic carbocycles. The van der Waals surface area contributed by atoms with E-state index in [1.165, 1.54) is 19.2 Å². The minimum Gasteiger partial charge on any atom is -0.469 e. The highest BCUT2D eigenvalue weighted by atomic mass is 127. The summed E-state index contributed by atoms with van der Waals surface area (Å²) in [6, 6.07) is 3.87. The lowest BCUT2D eigenvalue weighted by molar-refractivity contribution is -0.142. The topological polar surface area (TPSA) is 26.3 Å². The van der Waals surface area contributed by atoms with Gasteiger partial charge in [0.05, 0.1) is 12.7 Å². The summed E-state index contributed by atoms with van der Waals surface area (Å²) in [6.07, 6.45) is -4.42. The van der Waals surface area contributed by atoms with Crippen molar-refractivity contribution in [3.8, 4) is 0 Å². The summed E-state index contributed by atoms with van der Waals surface area (Å²) >= 11 is 1.93. The number of hydrogen-bond donors (Lipinski definition) is 0. The zero-order chi connectivity index (χ0) is 13.1. The highest BCUT2D eigenvalue weighted by Gasteiger charge is 2.33. The molecular formula is C11H10F3IO2. The Morgan fingerprint density at radius 3 is 2.59 bits per heavy atom. The first-order chi connectivity index (χ1) is 7.84. The number of ether oxygens (including phenoxy) is 1. The fourth-order valence-electron chi connectivity index (χ4n) is 1.38. The molecule has 17 heavy (non-hydrogen) atoms. The monoisotopic (exact) mass is 358 g/mol. The van der Waals surface area contributed by atoms with Gasteiger partial charge < -0.3 is 4.74 Å². The maximum atomic E-state index is 12.7. The largest absolute Gasteiger partial charge is 0.469 e. The van der Waals surface area contributed by atoms with Crippen LogP contribution in [0.25, 0.3) is 0 Å². The molecule has 0 amide bonds. The fraction of sp³-hybridized carbons (Fsp3) is 0.364. The highest BCUT2D eigenvalue weighted by molar-refractivity contribution is 14.1. The third-order valence-corrected chi connectivity index (χ3v) is 2.87. The van der Waals surface area contributed by atoms with E-state index in [1.54, 1.807) is 0 Å². The molecule has 0 aliphatic rings. The third kappa shape index (κ3) is 4.18. The summed E-state index contributed by atoms with van der Waals surface area (Å²) in [6.45, 7) is 0. The molecule has 0 spiro atoms. The number of rotatable bonds is 3. The first-order valence-electron chi connectivity index (χ1n) is 4.77. The molecule has 1 aromatic rings. The van der Waals surface area contributed by atoms with Crippen LogP contribution in [0.15, 0.2) is 18.2 Å². The van der Waals surface area contributed by atoms with E-state index in [4.69, 9.17) is 0 Å². The first kappa shape index (κ1) is 14.3. The Hall–Kier alpha value is -0.790. The summed E-state index contributed by atoms with van der Waals surface area (Å²) in [5.74, 6) is -0.517. The van der Waals surface area contributed by atoms with Crippen LogP contribution in [0.4, 0.5) is 13.2 Å². The van der Waals surface area contributed by atoms with Crippen LogP contribution in [-0.2, 0) is 22.1 Å². The maximum Gasteiger partial charge on any atom is 0.416 e. The van der Waals surface area contributed by atoms with Crippen molar-refractivity contribution in [3.05, 3.63) is 32.9 Å². The standard InChI is InChI=1S/C11H10F3IO2/c1-17-10(16)5-2-7-6-8(15)3-4-9(7)11(12,13)14/h3-4,6H,2,5H2,1H3. The molecule has 0 aromatic heterocycles. The van der Waals surface area contributed by atoms with Gasteiger partial charge in [-0.15, -0.1) is 0 Å². The van der Waals surface area contributed by atoms with Gasteiger partial charge in [-0.3, -0.25) is 4.79 Å². The van der Waals surface area contributed by atoms with Crippen molar-refractivity contribution in [2.75, 3.05) is 7.11 Å². The van der Waals surface area contributed by atoms with Gasteiger partial charge in [-0.25, -0.2) is 0 Å². The number of hydrogen-bond acceptors (Lipinski definition) is 2. The predicted molar refractivity (Wildman–Crippen MR) is 64.5 cm³/mol. The van der Waals surface area contributed by atoms with Crippen LogP contribution in [0.2, 0.25) is 0 Å². The van der Waals surface area contributed by atoms with Crippen molar-refractivity contribution in [3.63, 3.8) is 0 Å². The molecule has 0 N–H and O–H groups in total. The number of carbonyl (C=O) groups is 1. The van der Waals surface area contributed by atoms with Crippen molar-refractivity contribution in [2.45, 2.75) is 19.0 Å². The Balaban J connectivity index is 2.96. The molecule has 0 fully saturated rings. The summed E-state index contributed by atoms with van der Waals surface area (Å²) in [5.41, 5.74) is -0.573. The van der Waals surface area contributed by atoms with E-state index in [0.717, 1.165) is 6.07 Å². The molecular weight excluding hydrogens is 348 g/mol.